The number of halogens is 1. The van der Waals surface area contributed by atoms with E-state index in [0.717, 1.165) is 3.57 Å². The summed E-state index contributed by atoms with van der Waals surface area (Å²) in [6.07, 6.45) is 0.448. The van der Waals surface area contributed by atoms with Crippen LogP contribution >= 0.6 is 22.6 Å². The van der Waals surface area contributed by atoms with E-state index in [1.807, 2.05) is 18.2 Å². The van der Waals surface area contributed by atoms with E-state index in [1.54, 1.807) is 13.0 Å². The van der Waals surface area contributed by atoms with Crippen LogP contribution in [0.3, 0.4) is 0 Å². The van der Waals surface area contributed by atoms with Crippen molar-refractivity contribution in [3.63, 3.8) is 0 Å². The molecule has 1 atom stereocenters. The summed E-state index contributed by atoms with van der Waals surface area (Å²) in [4.78, 5) is 11.9. The lowest BCUT2D eigenvalue weighted by molar-refractivity contribution is -0.124. The number of para-hydroxylation sites is 1. The molecule has 1 heterocycles. The zero-order chi connectivity index (χ0) is 14.8. The van der Waals surface area contributed by atoms with Crippen molar-refractivity contribution >= 4 is 38.3 Å². The summed E-state index contributed by atoms with van der Waals surface area (Å²) in [5.41, 5.74) is -0.677. The van der Waals surface area contributed by atoms with Gasteiger partial charge in [-0.15, -0.1) is 0 Å². The lowest BCUT2D eigenvalue weighted by Crippen LogP contribution is -2.48. The fourth-order valence-electron chi connectivity index (χ4n) is 2.19. The number of hydrogen-bond acceptors (Lipinski definition) is 4. The molecule has 0 aromatic heterocycles. The molecule has 7 heteroatoms. The van der Waals surface area contributed by atoms with Crippen LogP contribution in [-0.4, -0.2) is 38.0 Å². The fraction of sp³-hybridized carbons (Fsp3) is 0.462. The van der Waals surface area contributed by atoms with E-state index >= 15 is 0 Å². The van der Waals surface area contributed by atoms with Gasteiger partial charge in [-0.1, -0.05) is 12.1 Å². The van der Waals surface area contributed by atoms with Gasteiger partial charge in [0.1, 0.15) is 5.75 Å². The van der Waals surface area contributed by atoms with Gasteiger partial charge >= 0.3 is 0 Å². The van der Waals surface area contributed by atoms with Gasteiger partial charge in [0.2, 0.25) is 0 Å². The summed E-state index contributed by atoms with van der Waals surface area (Å²) in [6, 6.07) is 7.40. The highest BCUT2D eigenvalue weighted by Crippen LogP contribution is 2.23. The summed E-state index contributed by atoms with van der Waals surface area (Å²) < 4.78 is 29.3. The molecule has 1 fully saturated rings. The van der Waals surface area contributed by atoms with Gasteiger partial charge in [0.05, 0.1) is 20.6 Å². The van der Waals surface area contributed by atoms with Crippen LogP contribution < -0.4 is 10.1 Å². The van der Waals surface area contributed by atoms with Crippen molar-refractivity contribution in [1.82, 2.24) is 5.32 Å². The van der Waals surface area contributed by atoms with Crippen molar-refractivity contribution in [2.75, 3.05) is 18.1 Å². The van der Waals surface area contributed by atoms with Crippen molar-refractivity contribution in [3.05, 3.63) is 27.8 Å². The van der Waals surface area contributed by atoms with Gasteiger partial charge in [-0.2, -0.15) is 0 Å². The number of rotatable bonds is 4. The maximum absolute atomic E-state index is 11.9. The Labute approximate surface area is 132 Å². The Balaban J connectivity index is 1.89. The summed E-state index contributed by atoms with van der Waals surface area (Å²) in [5.74, 6) is 0.465. The summed E-state index contributed by atoms with van der Waals surface area (Å²) >= 11 is 2.13. The molecule has 2 rings (SSSR count). The number of benzene rings is 1. The van der Waals surface area contributed by atoms with E-state index < -0.39 is 15.4 Å². The van der Waals surface area contributed by atoms with E-state index in [4.69, 9.17) is 4.74 Å². The smallest absolute Gasteiger partial charge is 0.258 e. The fourth-order valence-corrected chi connectivity index (χ4v) is 4.82. The van der Waals surface area contributed by atoms with Crippen molar-refractivity contribution in [1.29, 1.82) is 0 Å². The molecule has 0 radical (unpaired) electrons. The molecule has 0 saturated carbocycles. The van der Waals surface area contributed by atoms with Gasteiger partial charge in [0.25, 0.3) is 5.91 Å². The van der Waals surface area contributed by atoms with E-state index in [0.29, 0.717) is 12.2 Å². The number of hydrogen-bond donors (Lipinski definition) is 1. The molecular formula is C13H16INO4S. The van der Waals surface area contributed by atoms with E-state index in [9.17, 15) is 13.2 Å². The number of carbonyl (C=O) groups is 1. The molecule has 1 amide bonds. The Morgan fingerprint density at radius 3 is 2.75 bits per heavy atom. The Morgan fingerprint density at radius 2 is 2.15 bits per heavy atom. The number of sulfone groups is 1. The molecule has 1 unspecified atom stereocenters. The molecule has 1 N–H and O–H groups in total. The first kappa shape index (κ1) is 15.6. The number of nitrogens with one attached hydrogen (secondary N) is 1. The van der Waals surface area contributed by atoms with Gasteiger partial charge in [0.15, 0.2) is 16.4 Å². The van der Waals surface area contributed by atoms with Crippen LogP contribution in [0.5, 0.6) is 5.75 Å². The first-order valence-corrected chi connectivity index (χ1v) is 9.08. The Hall–Kier alpha value is -0.830. The molecule has 20 heavy (non-hydrogen) atoms. The zero-order valence-electron chi connectivity index (χ0n) is 11.1. The number of carbonyl (C=O) groups excluding carboxylic acids is 1. The second-order valence-corrected chi connectivity index (χ2v) is 8.52. The predicted molar refractivity (Wildman–Crippen MR) is 84.5 cm³/mol. The first-order chi connectivity index (χ1) is 9.30. The van der Waals surface area contributed by atoms with Gasteiger partial charge in [-0.25, -0.2) is 8.42 Å². The molecule has 1 aromatic carbocycles. The average Bonchev–Trinajstić information content (AvgIpc) is 2.62. The number of amides is 1. The third-order valence-corrected chi connectivity index (χ3v) is 5.93. The van der Waals surface area contributed by atoms with Crippen LogP contribution in [0.15, 0.2) is 24.3 Å². The molecule has 5 nitrogen and oxygen atoms in total. The monoisotopic (exact) mass is 409 g/mol. The predicted octanol–water partition coefficient (Wildman–Crippen LogP) is 1.36. The quantitative estimate of drug-likeness (QED) is 0.763. The topological polar surface area (TPSA) is 72.5 Å². The van der Waals surface area contributed by atoms with Gasteiger partial charge in [-0.05, 0) is 48.1 Å². The normalized spacial score (nSPS) is 24.3. The van der Waals surface area contributed by atoms with Gasteiger partial charge in [-0.3, -0.25) is 4.79 Å². The molecule has 1 saturated heterocycles. The second-order valence-electron chi connectivity index (χ2n) is 5.17. The van der Waals surface area contributed by atoms with Crippen LogP contribution in [0.4, 0.5) is 0 Å². The third-order valence-electron chi connectivity index (χ3n) is 3.14. The molecule has 110 valence electrons. The van der Waals surface area contributed by atoms with Gasteiger partial charge in [0, 0.05) is 0 Å². The first-order valence-electron chi connectivity index (χ1n) is 6.18. The average molecular weight is 409 g/mol. The van der Waals surface area contributed by atoms with E-state index in [-0.39, 0.29) is 24.0 Å². The SMILES string of the molecule is CC1(NC(=O)COc2ccccc2I)CCS(=O)(=O)C1. The molecule has 1 aliphatic rings. The molecule has 0 spiro atoms. The van der Waals surface area contributed by atoms with Crippen molar-refractivity contribution in [3.8, 4) is 5.75 Å². The maximum Gasteiger partial charge on any atom is 0.258 e. The summed E-state index contributed by atoms with van der Waals surface area (Å²) in [7, 11) is -3.03. The minimum atomic E-state index is -3.03. The molecule has 0 bridgehead atoms. The van der Waals surface area contributed by atoms with Crippen molar-refractivity contribution < 1.29 is 17.9 Å². The van der Waals surface area contributed by atoms with Crippen LogP contribution in [-0.2, 0) is 14.6 Å². The van der Waals surface area contributed by atoms with E-state index in [1.165, 1.54) is 0 Å². The molecular weight excluding hydrogens is 393 g/mol. The molecule has 1 aliphatic heterocycles. The summed E-state index contributed by atoms with van der Waals surface area (Å²) in [6.45, 7) is 1.64. The zero-order valence-corrected chi connectivity index (χ0v) is 14.0. The van der Waals surface area contributed by atoms with Crippen molar-refractivity contribution in [2.45, 2.75) is 18.9 Å². The van der Waals surface area contributed by atoms with Crippen LogP contribution in [0.1, 0.15) is 13.3 Å². The Bertz CT molecular complexity index is 617. The highest BCUT2D eigenvalue weighted by Gasteiger charge is 2.39. The van der Waals surface area contributed by atoms with Gasteiger partial charge < -0.3 is 10.1 Å². The summed E-state index contributed by atoms with van der Waals surface area (Å²) in [5, 5.41) is 2.76. The van der Waals surface area contributed by atoms with E-state index in [2.05, 4.69) is 27.9 Å². The van der Waals surface area contributed by atoms with Crippen molar-refractivity contribution in [2.24, 2.45) is 0 Å². The highest BCUT2D eigenvalue weighted by molar-refractivity contribution is 14.1. The standard InChI is InChI=1S/C13H16INO4S/c1-13(6-7-20(17,18)9-13)15-12(16)8-19-11-5-3-2-4-10(11)14/h2-5H,6-9H2,1H3,(H,15,16). The maximum atomic E-state index is 11.9. The lowest BCUT2D eigenvalue weighted by atomic mass is 10.0. The minimum Gasteiger partial charge on any atom is -0.483 e. The number of ether oxygens (including phenoxy) is 1. The van der Waals surface area contributed by atoms with Crippen LogP contribution in [0.25, 0.3) is 0 Å². The minimum absolute atomic E-state index is 0.00535. The van der Waals surface area contributed by atoms with Crippen LogP contribution in [0.2, 0.25) is 0 Å². The Kier molecular flexibility index (Phi) is 4.58. The third kappa shape index (κ3) is 4.08. The molecule has 0 aliphatic carbocycles. The Morgan fingerprint density at radius 1 is 1.45 bits per heavy atom. The largest absolute Gasteiger partial charge is 0.483 e. The molecule has 1 aromatic rings. The van der Waals surface area contributed by atoms with Crippen LogP contribution in [0, 0.1) is 3.57 Å². The lowest BCUT2D eigenvalue weighted by Gasteiger charge is -2.23. The highest BCUT2D eigenvalue weighted by atomic mass is 127. The second kappa shape index (κ2) is 5.88.